The summed E-state index contributed by atoms with van der Waals surface area (Å²) in [6, 6.07) is 8.59. The average Bonchev–Trinajstić information content (AvgIpc) is 3.05. The van der Waals surface area contributed by atoms with E-state index in [0.29, 0.717) is 5.69 Å². The van der Waals surface area contributed by atoms with Gasteiger partial charge >= 0.3 is 5.97 Å². The van der Waals surface area contributed by atoms with Crippen molar-refractivity contribution >= 4 is 17.7 Å². The van der Waals surface area contributed by atoms with Gasteiger partial charge < -0.3 is 15.0 Å². The quantitative estimate of drug-likeness (QED) is 0.622. The molecular formula is C15H13FN2O4. The zero-order valence-electron chi connectivity index (χ0n) is 11.5. The van der Waals surface area contributed by atoms with Crippen molar-refractivity contribution in [3.8, 4) is 0 Å². The minimum atomic E-state index is -0.787. The first kappa shape index (κ1) is 15.4. The lowest BCUT2D eigenvalue weighted by molar-refractivity contribution is -0.141. The molecular weight excluding hydrogens is 291 g/mol. The first-order valence-corrected chi connectivity index (χ1v) is 6.43. The van der Waals surface area contributed by atoms with Crippen LogP contribution in [0.1, 0.15) is 20.8 Å². The molecule has 1 aromatic heterocycles. The summed E-state index contributed by atoms with van der Waals surface area (Å²) in [5.74, 6) is -2.59. The van der Waals surface area contributed by atoms with E-state index < -0.39 is 36.6 Å². The van der Waals surface area contributed by atoms with Crippen molar-refractivity contribution in [3.05, 3.63) is 59.7 Å². The predicted molar refractivity (Wildman–Crippen MR) is 74.8 cm³/mol. The number of esters is 1. The van der Waals surface area contributed by atoms with E-state index in [1.807, 2.05) is 0 Å². The highest BCUT2D eigenvalue weighted by Crippen LogP contribution is 2.05. The van der Waals surface area contributed by atoms with Gasteiger partial charge in [0.25, 0.3) is 5.91 Å². The van der Waals surface area contributed by atoms with Crippen LogP contribution in [0.15, 0.2) is 42.6 Å². The minimum Gasteiger partial charge on any atom is -0.456 e. The fourth-order valence-electron chi connectivity index (χ4n) is 1.67. The molecule has 1 aromatic carbocycles. The molecule has 0 atom stereocenters. The molecule has 2 rings (SSSR count). The van der Waals surface area contributed by atoms with E-state index >= 15 is 0 Å². The zero-order valence-corrected chi connectivity index (χ0v) is 11.5. The van der Waals surface area contributed by atoms with Crippen molar-refractivity contribution in [3.63, 3.8) is 0 Å². The first-order valence-electron chi connectivity index (χ1n) is 6.43. The van der Waals surface area contributed by atoms with Crippen LogP contribution in [0, 0.1) is 5.82 Å². The van der Waals surface area contributed by atoms with Gasteiger partial charge in [-0.15, -0.1) is 0 Å². The summed E-state index contributed by atoms with van der Waals surface area (Å²) in [6.07, 6.45) is 1.57. The van der Waals surface area contributed by atoms with Crippen LogP contribution < -0.4 is 5.32 Å². The van der Waals surface area contributed by atoms with Gasteiger partial charge in [0.2, 0.25) is 5.78 Å². The van der Waals surface area contributed by atoms with E-state index in [9.17, 15) is 18.8 Å². The number of hydrogen-bond acceptors (Lipinski definition) is 4. The maximum absolute atomic E-state index is 13.4. The van der Waals surface area contributed by atoms with Crippen molar-refractivity contribution in [1.82, 2.24) is 10.3 Å². The molecule has 2 aromatic rings. The highest BCUT2D eigenvalue weighted by atomic mass is 19.1. The Kier molecular flexibility index (Phi) is 5.02. The van der Waals surface area contributed by atoms with E-state index in [4.69, 9.17) is 4.74 Å². The monoisotopic (exact) mass is 304 g/mol. The molecule has 1 amide bonds. The van der Waals surface area contributed by atoms with Crippen LogP contribution in [-0.4, -0.2) is 35.8 Å². The summed E-state index contributed by atoms with van der Waals surface area (Å²) in [7, 11) is 0. The molecule has 0 aliphatic carbocycles. The number of carbonyl (C=O) groups excluding carboxylic acids is 3. The molecule has 1 heterocycles. The number of amides is 1. The molecule has 0 bridgehead atoms. The van der Waals surface area contributed by atoms with E-state index in [-0.39, 0.29) is 5.56 Å². The van der Waals surface area contributed by atoms with Gasteiger partial charge in [0.05, 0.1) is 11.3 Å². The Balaban J connectivity index is 1.77. The summed E-state index contributed by atoms with van der Waals surface area (Å²) in [5.41, 5.74) is 0.154. The third kappa shape index (κ3) is 4.02. The van der Waals surface area contributed by atoms with Crippen LogP contribution in [0.2, 0.25) is 0 Å². The number of hydrogen-bond donors (Lipinski definition) is 2. The lowest BCUT2D eigenvalue weighted by atomic mass is 10.2. The Labute approximate surface area is 125 Å². The number of carbonyl (C=O) groups is 3. The van der Waals surface area contributed by atoms with Gasteiger partial charge in [0.15, 0.2) is 6.61 Å². The van der Waals surface area contributed by atoms with Gasteiger partial charge in [-0.25, -0.2) is 4.39 Å². The fraction of sp³-hybridized carbons (Fsp3) is 0.133. The van der Waals surface area contributed by atoms with E-state index in [0.717, 1.165) is 6.07 Å². The van der Waals surface area contributed by atoms with Crippen molar-refractivity contribution < 1.29 is 23.5 Å². The second-order valence-electron chi connectivity index (χ2n) is 4.33. The standard InChI is InChI=1S/C15H13FN2O4/c16-11-5-2-1-4-10(11)15(21)18-8-14(20)22-9-13(19)12-6-3-7-17-12/h1-7,17H,8-9H2,(H,18,21). The number of rotatable bonds is 6. The Hall–Kier alpha value is -2.96. The summed E-state index contributed by atoms with van der Waals surface area (Å²) < 4.78 is 18.1. The lowest BCUT2D eigenvalue weighted by Gasteiger charge is -2.06. The van der Waals surface area contributed by atoms with Crippen LogP contribution >= 0.6 is 0 Å². The van der Waals surface area contributed by atoms with Gasteiger partial charge in [-0.1, -0.05) is 12.1 Å². The molecule has 6 nitrogen and oxygen atoms in total. The van der Waals surface area contributed by atoms with Crippen molar-refractivity contribution in [1.29, 1.82) is 0 Å². The molecule has 0 spiro atoms. The maximum atomic E-state index is 13.4. The Morgan fingerprint density at radius 3 is 2.59 bits per heavy atom. The van der Waals surface area contributed by atoms with Crippen LogP contribution in [0.25, 0.3) is 0 Å². The third-order valence-corrected chi connectivity index (χ3v) is 2.77. The number of ether oxygens (including phenoxy) is 1. The van der Waals surface area contributed by atoms with Gasteiger partial charge in [-0.05, 0) is 24.3 Å². The summed E-state index contributed by atoms with van der Waals surface area (Å²) in [6.45, 7) is -0.889. The van der Waals surface area contributed by atoms with Crippen LogP contribution in [-0.2, 0) is 9.53 Å². The molecule has 7 heteroatoms. The SMILES string of the molecule is O=C(CNC(=O)c1ccccc1F)OCC(=O)c1ccc[nH]1. The number of aromatic nitrogens is 1. The van der Waals surface area contributed by atoms with Crippen LogP contribution in [0.4, 0.5) is 4.39 Å². The van der Waals surface area contributed by atoms with Gasteiger partial charge in [-0.3, -0.25) is 14.4 Å². The second kappa shape index (κ2) is 7.16. The van der Waals surface area contributed by atoms with E-state index in [2.05, 4.69) is 10.3 Å². The summed E-state index contributed by atoms with van der Waals surface area (Å²) in [4.78, 5) is 37.4. The Morgan fingerprint density at radius 1 is 1.14 bits per heavy atom. The number of ketones is 1. The van der Waals surface area contributed by atoms with Crippen molar-refractivity contribution in [2.75, 3.05) is 13.2 Å². The number of H-pyrrole nitrogens is 1. The molecule has 0 radical (unpaired) electrons. The molecule has 0 saturated heterocycles. The average molecular weight is 304 g/mol. The second-order valence-corrected chi connectivity index (χ2v) is 4.33. The zero-order chi connectivity index (χ0) is 15.9. The highest BCUT2D eigenvalue weighted by Gasteiger charge is 2.14. The number of aromatic amines is 1. The fourth-order valence-corrected chi connectivity index (χ4v) is 1.67. The highest BCUT2D eigenvalue weighted by molar-refractivity contribution is 5.97. The molecule has 22 heavy (non-hydrogen) atoms. The Morgan fingerprint density at radius 2 is 1.91 bits per heavy atom. The predicted octanol–water partition coefficient (Wildman–Crippen LogP) is 1.31. The molecule has 0 aliphatic rings. The number of benzene rings is 1. The topological polar surface area (TPSA) is 88.3 Å². The smallest absolute Gasteiger partial charge is 0.325 e. The molecule has 0 unspecified atom stereocenters. The largest absolute Gasteiger partial charge is 0.456 e. The minimum absolute atomic E-state index is 0.169. The number of nitrogens with one attached hydrogen (secondary N) is 2. The summed E-state index contributed by atoms with van der Waals surface area (Å²) in [5, 5.41) is 2.23. The normalized spacial score (nSPS) is 10.0. The van der Waals surface area contributed by atoms with Gasteiger partial charge in [-0.2, -0.15) is 0 Å². The van der Waals surface area contributed by atoms with Crippen molar-refractivity contribution in [2.45, 2.75) is 0 Å². The Bertz CT molecular complexity index is 683. The van der Waals surface area contributed by atoms with E-state index in [1.54, 1.807) is 18.3 Å². The van der Waals surface area contributed by atoms with E-state index in [1.165, 1.54) is 18.2 Å². The number of Topliss-reactive ketones (excluding diaryl/α,β-unsaturated/α-hetero) is 1. The molecule has 0 saturated carbocycles. The molecule has 0 fully saturated rings. The molecule has 2 N–H and O–H groups in total. The van der Waals surface area contributed by atoms with Gasteiger partial charge in [0.1, 0.15) is 12.4 Å². The molecule has 0 aliphatic heterocycles. The van der Waals surface area contributed by atoms with Gasteiger partial charge in [0, 0.05) is 6.20 Å². The first-order chi connectivity index (χ1) is 10.6. The van der Waals surface area contributed by atoms with Crippen LogP contribution in [0.3, 0.4) is 0 Å². The van der Waals surface area contributed by atoms with Crippen molar-refractivity contribution in [2.24, 2.45) is 0 Å². The lowest BCUT2D eigenvalue weighted by Crippen LogP contribution is -2.32. The number of halogens is 1. The van der Waals surface area contributed by atoms with Crippen LogP contribution in [0.5, 0.6) is 0 Å². The summed E-state index contributed by atoms with van der Waals surface area (Å²) >= 11 is 0. The maximum Gasteiger partial charge on any atom is 0.325 e. The molecule has 114 valence electrons. The third-order valence-electron chi connectivity index (χ3n) is 2.77.